The number of nitrogens with one attached hydrogen (secondary N) is 1. The summed E-state index contributed by atoms with van der Waals surface area (Å²) in [5, 5.41) is 12.5. The first-order valence-electron chi connectivity index (χ1n) is 9.37. The molecule has 0 unspecified atom stereocenters. The van der Waals surface area contributed by atoms with E-state index in [1.165, 1.54) is 5.56 Å². The van der Waals surface area contributed by atoms with E-state index in [1.807, 2.05) is 6.07 Å². The number of benzene rings is 1. The van der Waals surface area contributed by atoms with Gasteiger partial charge in [0.05, 0.1) is 12.0 Å². The number of nitrogens with zero attached hydrogens (tertiary/aromatic N) is 2. The number of hydrogen-bond acceptors (Lipinski definition) is 3. The lowest BCUT2D eigenvalue weighted by atomic mass is 10.0. The van der Waals surface area contributed by atoms with Crippen LogP contribution in [-0.4, -0.2) is 45.6 Å². The highest BCUT2D eigenvalue weighted by Gasteiger charge is 2.23. The Morgan fingerprint density at radius 2 is 1.85 bits per heavy atom. The molecule has 1 amide bonds. The van der Waals surface area contributed by atoms with Crippen molar-refractivity contribution >= 4 is 11.9 Å². The first-order chi connectivity index (χ1) is 12.9. The van der Waals surface area contributed by atoms with Crippen molar-refractivity contribution in [2.24, 2.45) is 7.05 Å². The number of carboxylic acids is 1. The molecule has 6 nitrogen and oxygen atoms in total. The van der Waals surface area contributed by atoms with Gasteiger partial charge in [-0.15, -0.1) is 0 Å². The summed E-state index contributed by atoms with van der Waals surface area (Å²) < 4.78 is 1.74. The Balaban J connectivity index is 1.51. The third-order valence-corrected chi connectivity index (χ3v) is 5.24. The molecule has 1 fully saturated rings. The fourth-order valence-corrected chi connectivity index (χ4v) is 3.85. The zero-order chi connectivity index (χ0) is 19.4. The minimum atomic E-state index is -0.981. The number of carbonyl (C=O) groups excluding carboxylic acids is 1. The molecule has 0 atom stereocenters. The average molecular weight is 369 g/mol. The van der Waals surface area contributed by atoms with Crippen molar-refractivity contribution < 1.29 is 14.7 Å². The molecule has 1 saturated heterocycles. The van der Waals surface area contributed by atoms with E-state index in [0.717, 1.165) is 32.5 Å². The molecule has 1 aromatic carbocycles. The van der Waals surface area contributed by atoms with E-state index in [0.29, 0.717) is 11.3 Å². The Labute approximate surface area is 159 Å². The number of aryl methyl sites for hydroxylation is 2. The van der Waals surface area contributed by atoms with E-state index in [2.05, 4.69) is 34.5 Å². The monoisotopic (exact) mass is 369 g/mol. The van der Waals surface area contributed by atoms with E-state index in [4.69, 9.17) is 0 Å². The number of rotatable bonds is 6. The first-order valence-corrected chi connectivity index (χ1v) is 9.37. The van der Waals surface area contributed by atoms with E-state index >= 15 is 0 Å². The molecular formula is C21H27N3O3. The maximum Gasteiger partial charge on any atom is 0.337 e. The molecule has 1 aliphatic rings. The standard InChI is InChI=1S/C21H27N3O3/c1-15-13-23(2)18(20(15)21(26)27)12-19(25)22-17-8-10-24(11-9-17)14-16-6-4-3-5-7-16/h3-7,13,17H,8-12,14H2,1-2H3,(H,22,25)(H,26,27). The van der Waals surface area contributed by atoms with Crippen LogP contribution in [0.3, 0.4) is 0 Å². The van der Waals surface area contributed by atoms with Gasteiger partial charge in [-0.25, -0.2) is 4.79 Å². The van der Waals surface area contributed by atoms with Crippen LogP contribution in [-0.2, 0) is 24.8 Å². The van der Waals surface area contributed by atoms with E-state index < -0.39 is 5.97 Å². The lowest BCUT2D eigenvalue weighted by Crippen LogP contribution is -2.45. The van der Waals surface area contributed by atoms with Crippen molar-refractivity contribution in [1.82, 2.24) is 14.8 Å². The van der Waals surface area contributed by atoms with Crippen LogP contribution in [0.4, 0.5) is 0 Å². The smallest absolute Gasteiger partial charge is 0.337 e. The highest BCUT2D eigenvalue weighted by Crippen LogP contribution is 2.18. The molecule has 0 aliphatic carbocycles. The Kier molecular flexibility index (Phi) is 5.96. The fraction of sp³-hybridized carbons (Fsp3) is 0.429. The van der Waals surface area contributed by atoms with Gasteiger partial charge in [-0.3, -0.25) is 9.69 Å². The fourth-order valence-electron chi connectivity index (χ4n) is 3.85. The van der Waals surface area contributed by atoms with Gasteiger partial charge < -0.3 is 15.0 Å². The summed E-state index contributed by atoms with van der Waals surface area (Å²) in [7, 11) is 1.78. The number of hydrogen-bond donors (Lipinski definition) is 2. The van der Waals surface area contributed by atoms with Gasteiger partial charge in [0.2, 0.25) is 5.91 Å². The van der Waals surface area contributed by atoms with Gasteiger partial charge in [-0.05, 0) is 30.9 Å². The lowest BCUT2D eigenvalue weighted by molar-refractivity contribution is -0.121. The largest absolute Gasteiger partial charge is 0.478 e. The molecule has 2 heterocycles. The van der Waals surface area contributed by atoms with Gasteiger partial charge >= 0.3 is 5.97 Å². The Hall–Kier alpha value is -2.60. The number of aromatic carboxylic acids is 1. The quantitative estimate of drug-likeness (QED) is 0.820. The summed E-state index contributed by atoms with van der Waals surface area (Å²) in [6.45, 7) is 4.59. The number of carbonyl (C=O) groups is 2. The van der Waals surface area contributed by atoms with Crippen LogP contribution in [0.5, 0.6) is 0 Å². The van der Waals surface area contributed by atoms with Crippen molar-refractivity contribution in [2.45, 2.75) is 38.8 Å². The molecule has 144 valence electrons. The van der Waals surface area contributed by atoms with E-state index in [-0.39, 0.29) is 23.9 Å². The predicted octanol–water partition coefficient (Wildman–Crippen LogP) is 2.36. The minimum Gasteiger partial charge on any atom is -0.478 e. The zero-order valence-electron chi connectivity index (χ0n) is 15.9. The molecule has 27 heavy (non-hydrogen) atoms. The molecule has 0 spiro atoms. The predicted molar refractivity (Wildman–Crippen MR) is 104 cm³/mol. The third kappa shape index (κ3) is 4.77. The van der Waals surface area contributed by atoms with Gasteiger partial charge in [0, 0.05) is 44.6 Å². The summed E-state index contributed by atoms with van der Waals surface area (Å²) in [5.41, 5.74) is 2.78. The van der Waals surface area contributed by atoms with Crippen molar-refractivity contribution in [2.75, 3.05) is 13.1 Å². The second kappa shape index (κ2) is 8.39. The molecule has 0 bridgehead atoms. The molecule has 0 saturated carbocycles. The van der Waals surface area contributed by atoms with Crippen LogP contribution in [0.2, 0.25) is 0 Å². The molecule has 2 aromatic rings. The van der Waals surface area contributed by atoms with Gasteiger partial charge in [-0.1, -0.05) is 30.3 Å². The third-order valence-electron chi connectivity index (χ3n) is 5.24. The summed E-state index contributed by atoms with van der Waals surface area (Å²) in [5.74, 6) is -1.09. The molecule has 3 rings (SSSR count). The number of piperidine rings is 1. The number of carboxylic acid groups (broad SMARTS) is 1. The van der Waals surface area contributed by atoms with Crippen LogP contribution in [0.1, 0.15) is 40.0 Å². The molecule has 1 aromatic heterocycles. The summed E-state index contributed by atoms with van der Waals surface area (Å²) in [6, 6.07) is 10.6. The van der Waals surface area contributed by atoms with Gasteiger partial charge in [0.1, 0.15) is 0 Å². The summed E-state index contributed by atoms with van der Waals surface area (Å²) >= 11 is 0. The SMILES string of the molecule is Cc1cn(C)c(CC(=O)NC2CCN(Cc3ccccc3)CC2)c1C(=O)O. The second-order valence-electron chi connectivity index (χ2n) is 7.33. The van der Waals surface area contributed by atoms with Crippen molar-refractivity contribution in [1.29, 1.82) is 0 Å². The maximum atomic E-state index is 12.5. The van der Waals surface area contributed by atoms with Gasteiger partial charge in [0.15, 0.2) is 0 Å². The first kappa shape index (κ1) is 19.2. The molecule has 2 N–H and O–H groups in total. The minimum absolute atomic E-state index is 0.0935. The van der Waals surface area contributed by atoms with Crippen LogP contribution < -0.4 is 5.32 Å². The topological polar surface area (TPSA) is 74.6 Å². The van der Waals surface area contributed by atoms with Crippen molar-refractivity contribution in [3.05, 3.63) is 58.9 Å². The Morgan fingerprint density at radius 3 is 2.48 bits per heavy atom. The van der Waals surface area contributed by atoms with Gasteiger partial charge in [0.25, 0.3) is 0 Å². The highest BCUT2D eigenvalue weighted by atomic mass is 16.4. The Morgan fingerprint density at radius 1 is 1.19 bits per heavy atom. The van der Waals surface area contributed by atoms with Crippen LogP contribution >= 0.6 is 0 Å². The normalized spacial score (nSPS) is 15.6. The van der Waals surface area contributed by atoms with Crippen LogP contribution in [0.15, 0.2) is 36.5 Å². The lowest BCUT2D eigenvalue weighted by Gasteiger charge is -2.32. The molecule has 6 heteroatoms. The van der Waals surface area contributed by atoms with Crippen LogP contribution in [0, 0.1) is 6.92 Å². The average Bonchev–Trinajstić information content (AvgIpc) is 2.91. The number of amides is 1. The van der Waals surface area contributed by atoms with E-state index in [1.54, 1.807) is 24.7 Å². The summed E-state index contributed by atoms with van der Waals surface area (Å²) in [4.78, 5) is 26.3. The second-order valence-corrected chi connectivity index (χ2v) is 7.33. The van der Waals surface area contributed by atoms with Crippen molar-refractivity contribution in [3.63, 3.8) is 0 Å². The molecular weight excluding hydrogens is 342 g/mol. The van der Waals surface area contributed by atoms with Crippen LogP contribution in [0.25, 0.3) is 0 Å². The summed E-state index contributed by atoms with van der Waals surface area (Å²) in [6.07, 6.45) is 3.68. The highest BCUT2D eigenvalue weighted by molar-refractivity contribution is 5.93. The number of likely N-dealkylation sites (tertiary alicyclic amines) is 1. The zero-order valence-corrected chi connectivity index (χ0v) is 15.9. The maximum absolute atomic E-state index is 12.5. The van der Waals surface area contributed by atoms with Crippen molar-refractivity contribution in [3.8, 4) is 0 Å². The molecule has 1 aliphatic heterocycles. The Bertz CT molecular complexity index is 806. The van der Waals surface area contributed by atoms with Gasteiger partial charge in [-0.2, -0.15) is 0 Å². The van der Waals surface area contributed by atoms with E-state index in [9.17, 15) is 14.7 Å². The number of aromatic nitrogens is 1. The molecule has 0 radical (unpaired) electrons.